The first-order valence-corrected chi connectivity index (χ1v) is 14.9. The van der Waals surface area contributed by atoms with Crippen LogP contribution >= 0.6 is 6.04 Å². The van der Waals surface area contributed by atoms with Crippen molar-refractivity contribution in [3.8, 4) is 11.1 Å². The normalized spacial score (nSPS) is 19.0. The smallest absolute Gasteiger partial charge is 0.256 e. The molecule has 0 spiro atoms. The number of pyridine rings is 1. The highest BCUT2D eigenvalue weighted by molar-refractivity contribution is 8.19. The maximum Gasteiger partial charge on any atom is 0.256 e. The van der Waals surface area contributed by atoms with E-state index in [4.69, 9.17) is 11.8 Å². The van der Waals surface area contributed by atoms with E-state index < -0.39 is 6.04 Å². The summed E-state index contributed by atoms with van der Waals surface area (Å²) in [6.07, 6.45) is 12.7. The second kappa shape index (κ2) is 9.04. The summed E-state index contributed by atoms with van der Waals surface area (Å²) in [6.45, 7) is 0. The Hall–Kier alpha value is -1.70. The molecule has 0 unspecified atom stereocenters. The average molecular weight is 450 g/mol. The number of fused-ring (bicyclic) bond motifs is 1. The van der Waals surface area contributed by atoms with Crippen molar-refractivity contribution in [1.29, 1.82) is 0 Å². The highest BCUT2D eigenvalue weighted by Gasteiger charge is 2.41. The van der Waals surface area contributed by atoms with Gasteiger partial charge in [-0.15, -0.1) is 0 Å². The number of nitrogens with one attached hydrogen (secondary N) is 1. The minimum atomic E-state index is -1.98. The fourth-order valence-corrected chi connectivity index (χ4v) is 12.2. The minimum absolute atomic E-state index is 0.0334. The first-order chi connectivity index (χ1) is 15.2. The van der Waals surface area contributed by atoms with Gasteiger partial charge in [-0.3, -0.25) is 4.79 Å². The van der Waals surface area contributed by atoms with Gasteiger partial charge >= 0.3 is 0 Å². The molecule has 2 aromatic carbocycles. The van der Waals surface area contributed by atoms with Crippen LogP contribution in [0.4, 0.5) is 0 Å². The van der Waals surface area contributed by atoms with Gasteiger partial charge < -0.3 is 4.98 Å². The van der Waals surface area contributed by atoms with Gasteiger partial charge in [-0.1, -0.05) is 98.9 Å². The van der Waals surface area contributed by atoms with Crippen molar-refractivity contribution in [2.45, 2.75) is 75.5 Å². The highest BCUT2D eigenvalue weighted by Crippen LogP contribution is 2.63. The summed E-state index contributed by atoms with van der Waals surface area (Å²) in [5, 5.41) is 1.84. The van der Waals surface area contributed by atoms with Crippen LogP contribution in [0.25, 0.3) is 21.9 Å². The average Bonchev–Trinajstić information content (AvgIpc) is 2.85. The zero-order valence-corrected chi connectivity index (χ0v) is 19.9. The number of hydrogen-bond acceptors (Lipinski definition) is 2. The Kier molecular flexibility index (Phi) is 6.17. The van der Waals surface area contributed by atoms with Gasteiger partial charge in [-0.05, 0) is 54.0 Å². The SMILES string of the molecule is O=c1[nH]c(P(=S)(C2CCCCC2)C2CCCCC2)c(-c2ccccc2)c2ccccc12. The third kappa shape index (κ3) is 3.85. The maximum absolute atomic E-state index is 13.3. The van der Waals surface area contributed by atoms with E-state index in [0.29, 0.717) is 11.3 Å². The Morgan fingerprint density at radius 2 is 1.23 bits per heavy atom. The second-order valence-corrected chi connectivity index (χ2v) is 14.5. The topological polar surface area (TPSA) is 32.9 Å². The van der Waals surface area contributed by atoms with Crippen molar-refractivity contribution in [3.63, 3.8) is 0 Å². The van der Waals surface area contributed by atoms with Crippen LogP contribution in [0.1, 0.15) is 64.2 Å². The second-order valence-electron chi connectivity index (χ2n) is 9.38. The van der Waals surface area contributed by atoms with E-state index >= 15 is 0 Å². The lowest BCUT2D eigenvalue weighted by atomic mass is 9.99. The van der Waals surface area contributed by atoms with Gasteiger partial charge in [0.2, 0.25) is 0 Å². The molecule has 2 aliphatic rings. The van der Waals surface area contributed by atoms with Crippen LogP contribution in [-0.2, 0) is 11.8 Å². The van der Waals surface area contributed by atoms with Gasteiger partial charge in [-0.25, -0.2) is 0 Å². The molecule has 1 aromatic heterocycles. The van der Waals surface area contributed by atoms with E-state index in [1.165, 1.54) is 75.3 Å². The molecular weight excluding hydrogens is 417 g/mol. The molecule has 5 rings (SSSR count). The van der Waals surface area contributed by atoms with Crippen molar-refractivity contribution in [2.75, 3.05) is 0 Å². The molecule has 2 fully saturated rings. The number of aromatic amines is 1. The third-order valence-electron chi connectivity index (χ3n) is 7.56. The Bertz CT molecular complexity index is 1130. The summed E-state index contributed by atoms with van der Waals surface area (Å²) in [5.41, 5.74) is 4.70. The fourth-order valence-electron chi connectivity index (χ4n) is 6.02. The summed E-state index contributed by atoms with van der Waals surface area (Å²) in [4.78, 5) is 16.8. The molecule has 1 N–H and O–H groups in total. The standard InChI is InChI=1S/C27H32NOPS/c29-26-24-19-11-10-18-23(24)25(20-12-4-1-5-13-20)27(28-26)30(31,21-14-6-2-7-15-21)22-16-8-3-9-17-22/h1,4-5,10-13,18-19,21-22H,2-3,6-9,14-17H2,(H,28,29). The van der Waals surface area contributed by atoms with E-state index in [9.17, 15) is 4.79 Å². The molecule has 0 amide bonds. The number of rotatable bonds is 4. The Morgan fingerprint density at radius 3 is 1.81 bits per heavy atom. The van der Waals surface area contributed by atoms with Gasteiger partial charge in [0.05, 0.1) is 5.44 Å². The molecule has 2 aliphatic carbocycles. The zero-order valence-electron chi connectivity index (χ0n) is 18.2. The molecule has 0 radical (unpaired) electrons. The van der Waals surface area contributed by atoms with Crippen LogP contribution in [0.2, 0.25) is 0 Å². The van der Waals surface area contributed by atoms with Crippen LogP contribution in [0.3, 0.4) is 0 Å². The van der Waals surface area contributed by atoms with E-state index in [1.807, 2.05) is 12.1 Å². The Balaban J connectivity index is 1.82. The van der Waals surface area contributed by atoms with Gasteiger partial charge in [0.15, 0.2) is 0 Å². The largest absolute Gasteiger partial charge is 0.320 e. The summed E-state index contributed by atoms with van der Waals surface area (Å²) in [5.74, 6) is 0. The summed E-state index contributed by atoms with van der Waals surface area (Å²) >= 11 is 6.86. The van der Waals surface area contributed by atoms with Gasteiger partial charge in [0.1, 0.15) is 0 Å². The fraction of sp³-hybridized carbons (Fsp3) is 0.444. The third-order valence-corrected chi connectivity index (χ3v) is 14.1. The van der Waals surface area contributed by atoms with E-state index in [0.717, 1.165) is 16.2 Å². The lowest BCUT2D eigenvalue weighted by molar-refractivity contribution is 0.486. The van der Waals surface area contributed by atoms with Crippen LogP contribution in [0.5, 0.6) is 0 Å². The van der Waals surface area contributed by atoms with Crippen molar-refractivity contribution in [1.82, 2.24) is 4.98 Å². The molecule has 4 heteroatoms. The minimum Gasteiger partial charge on any atom is -0.320 e. The highest BCUT2D eigenvalue weighted by atomic mass is 32.4. The predicted octanol–water partition coefficient (Wildman–Crippen LogP) is 6.97. The molecule has 2 saturated carbocycles. The van der Waals surface area contributed by atoms with Crippen LogP contribution < -0.4 is 11.0 Å². The predicted molar refractivity (Wildman–Crippen MR) is 138 cm³/mol. The molecule has 0 aliphatic heterocycles. The molecular formula is C27H32NOPS. The van der Waals surface area contributed by atoms with Crippen molar-refractivity contribution >= 4 is 34.1 Å². The lowest BCUT2D eigenvalue weighted by Gasteiger charge is -2.42. The quantitative estimate of drug-likeness (QED) is 0.437. The molecule has 0 saturated heterocycles. The Labute approximate surface area is 190 Å². The van der Waals surface area contributed by atoms with Gasteiger partial charge in [-0.2, -0.15) is 0 Å². The van der Waals surface area contributed by atoms with E-state index in [2.05, 4.69) is 47.4 Å². The van der Waals surface area contributed by atoms with Crippen molar-refractivity contribution in [3.05, 3.63) is 65.0 Å². The number of hydrogen-bond donors (Lipinski definition) is 1. The lowest BCUT2D eigenvalue weighted by Crippen LogP contribution is -2.34. The molecule has 0 atom stereocenters. The van der Waals surface area contributed by atoms with Crippen LogP contribution in [0.15, 0.2) is 59.4 Å². The zero-order chi connectivity index (χ0) is 21.3. The first kappa shape index (κ1) is 21.2. The number of benzene rings is 2. The van der Waals surface area contributed by atoms with Gasteiger partial charge in [0.25, 0.3) is 5.56 Å². The van der Waals surface area contributed by atoms with E-state index in [-0.39, 0.29) is 5.56 Å². The molecule has 0 bridgehead atoms. The van der Waals surface area contributed by atoms with Crippen LogP contribution in [0, 0.1) is 0 Å². The molecule has 1 heterocycles. The summed E-state index contributed by atoms with van der Waals surface area (Å²) in [7, 11) is 0. The summed E-state index contributed by atoms with van der Waals surface area (Å²) in [6, 6.07) is 16.8. The first-order valence-electron chi connectivity index (χ1n) is 12.0. The molecule has 31 heavy (non-hydrogen) atoms. The van der Waals surface area contributed by atoms with Gasteiger partial charge in [0, 0.05) is 17.0 Å². The molecule has 2 nitrogen and oxygen atoms in total. The maximum atomic E-state index is 13.3. The molecule has 162 valence electrons. The number of aromatic nitrogens is 1. The number of H-pyrrole nitrogens is 1. The monoisotopic (exact) mass is 449 g/mol. The summed E-state index contributed by atoms with van der Waals surface area (Å²) < 4.78 is 0. The van der Waals surface area contributed by atoms with Crippen LogP contribution in [-0.4, -0.2) is 16.3 Å². The van der Waals surface area contributed by atoms with E-state index in [1.54, 1.807) is 0 Å². The van der Waals surface area contributed by atoms with Crippen molar-refractivity contribution < 1.29 is 0 Å². The Morgan fingerprint density at radius 1 is 0.710 bits per heavy atom. The van der Waals surface area contributed by atoms with Crippen molar-refractivity contribution in [2.24, 2.45) is 0 Å². The molecule has 3 aromatic rings.